The Kier molecular flexibility index (Phi) is 6.76. The lowest BCUT2D eigenvalue weighted by Gasteiger charge is -2.17. The molecular formula is C14H19Cl2NO3. The first-order chi connectivity index (χ1) is 9.32. The standard InChI is InChI=1S/C14H19Cl2NO3/c1-8(2)11(18)6-13(20)17-7-12(19)14-9(15)4-3-5-10(14)16/h3-5,8,11-12,18-19H,6-7H2,1-2H3,(H,17,20). The maximum atomic E-state index is 11.6. The van der Waals surface area contributed by atoms with Crippen molar-refractivity contribution in [3.63, 3.8) is 0 Å². The normalized spacial score (nSPS) is 14.2. The summed E-state index contributed by atoms with van der Waals surface area (Å²) in [6, 6.07) is 4.92. The smallest absolute Gasteiger partial charge is 0.222 e. The summed E-state index contributed by atoms with van der Waals surface area (Å²) in [5.41, 5.74) is 0.389. The largest absolute Gasteiger partial charge is 0.392 e. The predicted molar refractivity (Wildman–Crippen MR) is 79.9 cm³/mol. The number of hydrogen-bond acceptors (Lipinski definition) is 3. The van der Waals surface area contributed by atoms with Crippen LogP contribution in [0.3, 0.4) is 0 Å². The van der Waals surface area contributed by atoms with Gasteiger partial charge in [-0.25, -0.2) is 0 Å². The summed E-state index contributed by atoms with van der Waals surface area (Å²) in [6.07, 6.45) is -1.69. The molecule has 1 aromatic rings. The third kappa shape index (κ3) is 4.94. The molecule has 2 atom stereocenters. The Hall–Kier alpha value is -0.810. The highest BCUT2D eigenvalue weighted by atomic mass is 35.5. The Morgan fingerprint density at radius 3 is 2.30 bits per heavy atom. The predicted octanol–water partition coefficient (Wildman–Crippen LogP) is 2.55. The molecule has 0 aliphatic heterocycles. The van der Waals surface area contributed by atoms with Crippen LogP contribution in [0.4, 0.5) is 0 Å². The first-order valence-electron chi connectivity index (χ1n) is 6.39. The molecule has 0 fully saturated rings. The van der Waals surface area contributed by atoms with Gasteiger partial charge in [-0.15, -0.1) is 0 Å². The zero-order chi connectivity index (χ0) is 15.3. The molecule has 0 spiro atoms. The molecule has 0 aromatic heterocycles. The quantitative estimate of drug-likeness (QED) is 0.754. The van der Waals surface area contributed by atoms with E-state index in [4.69, 9.17) is 23.2 Å². The topological polar surface area (TPSA) is 69.6 Å². The van der Waals surface area contributed by atoms with Crippen LogP contribution >= 0.6 is 23.2 Å². The number of amides is 1. The molecule has 4 nitrogen and oxygen atoms in total. The number of carbonyl (C=O) groups excluding carboxylic acids is 1. The Labute approximate surface area is 128 Å². The molecule has 2 unspecified atom stereocenters. The van der Waals surface area contributed by atoms with Crippen molar-refractivity contribution in [1.82, 2.24) is 5.32 Å². The second-order valence-electron chi connectivity index (χ2n) is 4.97. The van der Waals surface area contributed by atoms with Crippen molar-refractivity contribution in [2.75, 3.05) is 6.54 Å². The van der Waals surface area contributed by atoms with E-state index in [1.807, 2.05) is 13.8 Å². The fourth-order valence-electron chi connectivity index (χ4n) is 1.64. The summed E-state index contributed by atoms with van der Waals surface area (Å²) in [5, 5.41) is 22.9. The number of rotatable bonds is 6. The molecule has 20 heavy (non-hydrogen) atoms. The van der Waals surface area contributed by atoms with Crippen LogP contribution in [-0.2, 0) is 4.79 Å². The number of nitrogens with one attached hydrogen (secondary N) is 1. The van der Waals surface area contributed by atoms with Crippen molar-refractivity contribution in [2.45, 2.75) is 32.5 Å². The molecule has 0 heterocycles. The maximum Gasteiger partial charge on any atom is 0.222 e. The van der Waals surface area contributed by atoms with E-state index in [0.717, 1.165) is 0 Å². The number of hydrogen-bond donors (Lipinski definition) is 3. The Morgan fingerprint density at radius 1 is 1.25 bits per heavy atom. The lowest BCUT2D eigenvalue weighted by atomic mass is 10.0. The molecule has 0 aliphatic carbocycles. The summed E-state index contributed by atoms with van der Waals surface area (Å²) in [6.45, 7) is 3.65. The van der Waals surface area contributed by atoms with Gasteiger partial charge in [-0.1, -0.05) is 43.1 Å². The lowest BCUT2D eigenvalue weighted by Crippen LogP contribution is -2.32. The SMILES string of the molecule is CC(C)C(O)CC(=O)NCC(O)c1c(Cl)cccc1Cl. The molecule has 0 aliphatic rings. The molecule has 1 amide bonds. The maximum absolute atomic E-state index is 11.6. The van der Waals surface area contributed by atoms with E-state index in [1.54, 1.807) is 18.2 Å². The van der Waals surface area contributed by atoms with Gasteiger partial charge < -0.3 is 15.5 Å². The number of aliphatic hydroxyl groups excluding tert-OH is 2. The molecular weight excluding hydrogens is 301 g/mol. The first-order valence-corrected chi connectivity index (χ1v) is 7.15. The second kappa shape index (κ2) is 7.84. The number of aliphatic hydroxyl groups is 2. The number of carbonyl (C=O) groups is 1. The third-order valence-electron chi connectivity index (χ3n) is 2.99. The van der Waals surface area contributed by atoms with Crippen LogP contribution in [0.15, 0.2) is 18.2 Å². The van der Waals surface area contributed by atoms with E-state index in [1.165, 1.54) is 0 Å². The molecule has 112 valence electrons. The van der Waals surface area contributed by atoms with Crippen LogP contribution in [-0.4, -0.2) is 28.8 Å². The average molecular weight is 320 g/mol. The van der Waals surface area contributed by atoms with E-state index in [0.29, 0.717) is 15.6 Å². The Balaban J connectivity index is 2.55. The van der Waals surface area contributed by atoms with E-state index in [-0.39, 0.29) is 24.8 Å². The molecule has 1 rings (SSSR count). The van der Waals surface area contributed by atoms with Gasteiger partial charge in [0.2, 0.25) is 5.91 Å². The highest BCUT2D eigenvalue weighted by Crippen LogP contribution is 2.29. The molecule has 1 aromatic carbocycles. The van der Waals surface area contributed by atoms with Gasteiger partial charge in [0.15, 0.2) is 0 Å². The van der Waals surface area contributed by atoms with Gasteiger partial charge in [0.05, 0.1) is 18.6 Å². The minimum atomic E-state index is -0.989. The van der Waals surface area contributed by atoms with Crippen LogP contribution < -0.4 is 5.32 Å². The first kappa shape index (κ1) is 17.2. The molecule has 6 heteroatoms. The fraction of sp³-hybridized carbons (Fsp3) is 0.500. The van der Waals surface area contributed by atoms with Gasteiger partial charge in [0, 0.05) is 22.2 Å². The molecule has 0 saturated heterocycles. The summed E-state index contributed by atoms with van der Waals surface area (Å²) in [4.78, 5) is 11.6. The van der Waals surface area contributed by atoms with Crippen LogP contribution in [0.5, 0.6) is 0 Å². The summed E-state index contributed by atoms with van der Waals surface area (Å²) >= 11 is 11.9. The minimum absolute atomic E-state index is 0.000636. The minimum Gasteiger partial charge on any atom is -0.392 e. The third-order valence-corrected chi connectivity index (χ3v) is 3.65. The van der Waals surface area contributed by atoms with Gasteiger partial charge in [-0.3, -0.25) is 4.79 Å². The van der Waals surface area contributed by atoms with Gasteiger partial charge in [0.1, 0.15) is 0 Å². The van der Waals surface area contributed by atoms with Gasteiger partial charge >= 0.3 is 0 Å². The second-order valence-corrected chi connectivity index (χ2v) is 5.79. The van der Waals surface area contributed by atoms with Gasteiger partial charge in [0.25, 0.3) is 0 Å². The van der Waals surface area contributed by atoms with E-state index in [9.17, 15) is 15.0 Å². The highest BCUT2D eigenvalue weighted by molar-refractivity contribution is 6.36. The van der Waals surface area contributed by atoms with Crippen molar-refractivity contribution < 1.29 is 15.0 Å². The number of halogens is 2. The lowest BCUT2D eigenvalue weighted by molar-refractivity contribution is -0.124. The van der Waals surface area contributed by atoms with Crippen molar-refractivity contribution in [1.29, 1.82) is 0 Å². The van der Waals surface area contributed by atoms with Crippen LogP contribution in [0, 0.1) is 5.92 Å². The van der Waals surface area contributed by atoms with Gasteiger partial charge in [-0.05, 0) is 18.1 Å². The molecule has 3 N–H and O–H groups in total. The summed E-state index contributed by atoms with van der Waals surface area (Å²) in [7, 11) is 0. The highest BCUT2D eigenvalue weighted by Gasteiger charge is 2.18. The number of benzene rings is 1. The monoisotopic (exact) mass is 319 g/mol. The van der Waals surface area contributed by atoms with Crippen LogP contribution in [0.2, 0.25) is 10.0 Å². The molecule has 0 saturated carbocycles. The van der Waals surface area contributed by atoms with Crippen molar-refractivity contribution in [2.24, 2.45) is 5.92 Å². The molecule has 0 radical (unpaired) electrons. The Bertz CT molecular complexity index is 445. The molecule has 0 bridgehead atoms. The van der Waals surface area contributed by atoms with Crippen LogP contribution in [0.1, 0.15) is 31.9 Å². The van der Waals surface area contributed by atoms with Crippen molar-refractivity contribution >= 4 is 29.1 Å². The van der Waals surface area contributed by atoms with E-state index >= 15 is 0 Å². The van der Waals surface area contributed by atoms with Crippen molar-refractivity contribution in [3.8, 4) is 0 Å². The zero-order valence-corrected chi connectivity index (χ0v) is 12.9. The van der Waals surface area contributed by atoms with Crippen LogP contribution in [0.25, 0.3) is 0 Å². The van der Waals surface area contributed by atoms with Gasteiger partial charge in [-0.2, -0.15) is 0 Å². The van der Waals surface area contributed by atoms with E-state index < -0.39 is 12.2 Å². The fourth-order valence-corrected chi connectivity index (χ4v) is 2.29. The average Bonchev–Trinajstić information content (AvgIpc) is 2.36. The Morgan fingerprint density at radius 2 is 1.80 bits per heavy atom. The zero-order valence-electron chi connectivity index (χ0n) is 11.4. The van der Waals surface area contributed by atoms with E-state index in [2.05, 4.69) is 5.32 Å². The summed E-state index contributed by atoms with van der Waals surface area (Å²) < 4.78 is 0. The summed E-state index contributed by atoms with van der Waals surface area (Å²) in [5.74, 6) is -0.322. The van der Waals surface area contributed by atoms with Crippen molar-refractivity contribution in [3.05, 3.63) is 33.8 Å².